The molecule has 0 fully saturated rings. The first-order valence-electron chi connectivity index (χ1n) is 5.41. The summed E-state index contributed by atoms with van der Waals surface area (Å²) in [6, 6.07) is 8.44. The van der Waals surface area contributed by atoms with Crippen LogP contribution in [0.5, 0.6) is 0 Å². The van der Waals surface area contributed by atoms with Gasteiger partial charge in [-0.25, -0.2) is 0 Å². The highest BCUT2D eigenvalue weighted by Gasteiger charge is 2.18. The lowest BCUT2D eigenvalue weighted by atomic mass is 10.00. The zero-order valence-electron chi connectivity index (χ0n) is 9.93. The van der Waals surface area contributed by atoms with E-state index in [1.165, 1.54) is 11.1 Å². The molecule has 1 nitrogen and oxygen atoms in total. The first-order chi connectivity index (χ1) is 8.52. The first kappa shape index (κ1) is 14.5. The average molecular weight is 410 g/mol. The summed E-state index contributed by atoms with van der Waals surface area (Å²) in [6.45, 7) is 2.02. The molecule has 0 amide bonds. The fraction of sp³-hybridized carbons (Fsp3) is 0.231. The average Bonchev–Trinajstić information content (AvgIpc) is 2.64. The van der Waals surface area contributed by atoms with E-state index in [1.807, 2.05) is 20.0 Å². The zero-order chi connectivity index (χ0) is 13.3. The van der Waals surface area contributed by atoms with Crippen molar-refractivity contribution in [3.8, 4) is 0 Å². The van der Waals surface area contributed by atoms with Gasteiger partial charge in [0.1, 0.15) is 0 Å². The maximum absolute atomic E-state index is 6.07. The minimum absolute atomic E-state index is 0.165. The van der Waals surface area contributed by atoms with Crippen molar-refractivity contribution in [3.63, 3.8) is 0 Å². The highest BCUT2D eigenvalue weighted by Crippen LogP contribution is 2.38. The minimum Gasteiger partial charge on any atom is -0.309 e. The van der Waals surface area contributed by atoms with Crippen LogP contribution in [0.1, 0.15) is 22.7 Å². The van der Waals surface area contributed by atoms with Crippen LogP contribution < -0.4 is 5.32 Å². The summed E-state index contributed by atoms with van der Waals surface area (Å²) in [4.78, 5) is 0. The lowest BCUT2D eigenvalue weighted by molar-refractivity contribution is 0.691. The van der Waals surface area contributed by atoms with Gasteiger partial charge in [0.05, 0.1) is 13.6 Å². The lowest BCUT2D eigenvalue weighted by Crippen LogP contribution is -2.17. The summed E-state index contributed by atoms with van der Waals surface area (Å²) < 4.78 is 2.26. The van der Waals surface area contributed by atoms with Crippen LogP contribution in [0.15, 0.2) is 31.8 Å². The largest absolute Gasteiger partial charge is 0.309 e. The highest BCUT2D eigenvalue weighted by atomic mass is 79.9. The van der Waals surface area contributed by atoms with Crippen molar-refractivity contribution < 1.29 is 0 Å². The second kappa shape index (κ2) is 6.06. The Bertz CT molecular complexity index is 568. The number of rotatable bonds is 3. The summed E-state index contributed by atoms with van der Waals surface area (Å²) >= 11 is 14.9. The van der Waals surface area contributed by atoms with E-state index in [0.29, 0.717) is 0 Å². The smallest absolute Gasteiger partial charge is 0.0761 e. The van der Waals surface area contributed by atoms with Gasteiger partial charge in [-0.2, -0.15) is 0 Å². The van der Waals surface area contributed by atoms with E-state index in [0.717, 1.165) is 18.2 Å². The number of nitrogens with one attached hydrogen (secondary N) is 1. The lowest BCUT2D eigenvalue weighted by Gasteiger charge is -2.17. The molecule has 1 aromatic heterocycles. The molecule has 96 valence electrons. The van der Waals surface area contributed by atoms with Gasteiger partial charge in [0, 0.05) is 5.02 Å². The Balaban J connectivity index is 2.45. The van der Waals surface area contributed by atoms with E-state index in [2.05, 4.69) is 55.4 Å². The molecule has 0 saturated carbocycles. The zero-order valence-corrected chi connectivity index (χ0v) is 14.7. The third-order valence-electron chi connectivity index (χ3n) is 2.80. The van der Waals surface area contributed by atoms with Crippen molar-refractivity contribution in [2.75, 3.05) is 7.05 Å². The van der Waals surface area contributed by atoms with E-state index in [4.69, 9.17) is 11.6 Å². The van der Waals surface area contributed by atoms with Gasteiger partial charge in [0.2, 0.25) is 0 Å². The standard InChI is InChI=1S/C13H12Br2ClNS/c1-7-5-8(3-4-10(7)16)12(17-2)9-6-11(14)18-13(9)15/h3-6,12,17H,1-2H3. The molecule has 2 aromatic rings. The van der Waals surface area contributed by atoms with Gasteiger partial charge in [0.15, 0.2) is 0 Å². The quantitative estimate of drug-likeness (QED) is 0.701. The van der Waals surface area contributed by atoms with E-state index < -0.39 is 0 Å². The highest BCUT2D eigenvalue weighted by molar-refractivity contribution is 9.12. The maximum atomic E-state index is 6.07. The van der Waals surface area contributed by atoms with Crippen molar-refractivity contribution in [3.05, 3.63) is 53.6 Å². The van der Waals surface area contributed by atoms with Gasteiger partial charge < -0.3 is 5.32 Å². The summed E-state index contributed by atoms with van der Waals surface area (Å²) in [6.07, 6.45) is 0. The molecule has 5 heteroatoms. The van der Waals surface area contributed by atoms with E-state index in [1.54, 1.807) is 11.3 Å². The van der Waals surface area contributed by atoms with Gasteiger partial charge in [-0.15, -0.1) is 11.3 Å². The Labute approximate surface area is 133 Å². The van der Waals surface area contributed by atoms with Crippen molar-refractivity contribution in [2.45, 2.75) is 13.0 Å². The molecule has 0 spiro atoms. The van der Waals surface area contributed by atoms with Crippen molar-refractivity contribution in [1.82, 2.24) is 5.32 Å². The molecule has 18 heavy (non-hydrogen) atoms. The third kappa shape index (κ3) is 2.99. The van der Waals surface area contributed by atoms with Crippen LogP contribution in [0.3, 0.4) is 0 Å². The molecule has 0 radical (unpaired) electrons. The third-order valence-corrected chi connectivity index (χ3v) is 5.61. The summed E-state index contributed by atoms with van der Waals surface area (Å²) in [5.74, 6) is 0. The Hall–Kier alpha value is 0.130. The molecule has 0 aliphatic heterocycles. The molecule has 0 aliphatic rings. The van der Waals surface area contributed by atoms with Crippen LogP contribution >= 0.6 is 54.8 Å². The van der Waals surface area contributed by atoms with Gasteiger partial charge in [-0.05, 0) is 74.7 Å². The SMILES string of the molecule is CNC(c1ccc(Cl)c(C)c1)c1cc(Br)sc1Br. The van der Waals surface area contributed by atoms with Crippen LogP contribution in [-0.2, 0) is 0 Å². The first-order valence-corrected chi connectivity index (χ1v) is 8.19. The summed E-state index contributed by atoms with van der Waals surface area (Å²) in [7, 11) is 1.96. The van der Waals surface area contributed by atoms with Crippen LogP contribution in [-0.4, -0.2) is 7.05 Å². The minimum atomic E-state index is 0.165. The molecular weight excluding hydrogens is 397 g/mol. The normalized spacial score (nSPS) is 12.7. The molecular formula is C13H12Br2ClNS. The van der Waals surface area contributed by atoms with Gasteiger partial charge in [-0.1, -0.05) is 23.7 Å². The Kier molecular flexibility index (Phi) is 4.89. The number of hydrogen-bond acceptors (Lipinski definition) is 2. The number of benzene rings is 1. The topological polar surface area (TPSA) is 12.0 Å². The fourth-order valence-corrected chi connectivity index (χ4v) is 4.92. The van der Waals surface area contributed by atoms with Crippen molar-refractivity contribution >= 4 is 54.8 Å². The van der Waals surface area contributed by atoms with Crippen LogP contribution in [0, 0.1) is 6.92 Å². The Morgan fingerprint density at radius 1 is 1.28 bits per heavy atom. The monoisotopic (exact) mass is 407 g/mol. The fourth-order valence-electron chi connectivity index (χ4n) is 1.90. The molecule has 1 atom stereocenters. The molecule has 1 aromatic carbocycles. The number of thiophene rings is 1. The van der Waals surface area contributed by atoms with E-state index in [-0.39, 0.29) is 6.04 Å². The number of aryl methyl sites for hydroxylation is 1. The molecule has 0 aliphatic carbocycles. The van der Waals surface area contributed by atoms with Gasteiger partial charge in [-0.3, -0.25) is 0 Å². The molecule has 0 saturated heterocycles. The molecule has 1 N–H and O–H groups in total. The number of halogens is 3. The van der Waals surface area contributed by atoms with E-state index >= 15 is 0 Å². The molecule has 1 heterocycles. The van der Waals surface area contributed by atoms with Crippen molar-refractivity contribution in [1.29, 1.82) is 0 Å². The number of hydrogen-bond donors (Lipinski definition) is 1. The predicted octanol–water partition coefficient (Wildman–Crippen LogP) is 5.54. The predicted molar refractivity (Wildman–Crippen MR) is 86.8 cm³/mol. The second-order valence-corrected chi connectivity index (χ2v) is 8.17. The van der Waals surface area contributed by atoms with E-state index in [9.17, 15) is 0 Å². The summed E-state index contributed by atoms with van der Waals surface area (Å²) in [5.41, 5.74) is 3.54. The van der Waals surface area contributed by atoms with Crippen molar-refractivity contribution in [2.24, 2.45) is 0 Å². The van der Waals surface area contributed by atoms with Crippen LogP contribution in [0.2, 0.25) is 5.02 Å². The van der Waals surface area contributed by atoms with Crippen LogP contribution in [0.4, 0.5) is 0 Å². The Morgan fingerprint density at radius 2 is 2.00 bits per heavy atom. The summed E-state index contributed by atoms with van der Waals surface area (Å²) in [5, 5.41) is 4.15. The Morgan fingerprint density at radius 3 is 2.50 bits per heavy atom. The van der Waals surface area contributed by atoms with Gasteiger partial charge in [0.25, 0.3) is 0 Å². The second-order valence-electron chi connectivity index (χ2n) is 4.01. The molecule has 1 unspecified atom stereocenters. The van der Waals surface area contributed by atoms with Gasteiger partial charge >= 0.3 is 0 Å². The molecule has 2 rings (SSSR count). The maximum Gasteiger partial charge on any atom is 0.0761 e. The van der Waals surface area contributed by atoms with Crippen LogP contribution in [0.25, 0.3) is 0 Å². The molecule has 0 bridgehead atoms.